The first-order valence-corrected chi connectivity index (χ1v) is 7.13. The second-order valence-corrected chi connectivity index (χ2v) is 5.14. The standard InChI is InChI=1S/C16H20N2O/c1(9-17-14-6-7-14)2-11-19-15-8-5-13-4-3-10-18-16(13)12-15/h3-5,8,10,12,14,17H,1-2,6-7,9,11H2. The van der Waals surface area contributed by atoms with Crippen LogP contribution in [0.1, 0.15) is 25.7 Å². The van der Waals surface area contributed by atoms with Gasteiger partial charge in [0.05, 0.1) is 12.1 Å². The van der Waals surface area contributed by atoms with Crippen molar-refractivity contribution in [2.45, 2.75) is 31.7 Å². The van der Waals surface area contributed by atoms with Crippen molar-refractivity contribution in [3.8, 4) is 5.75 Å². The van der Waals surface area contributed by atoms with E-state index in [9.17, 15) is 0 Å². The van der Waals surface area contributed by atoms with E-state index >= 15 is 0 Å². The highest BCUT2D eigenvalue weighted by molar-refractivity contribution is 5.79. The zero-order valence-electron chi connectivity index (χ0n) is 11.1. The summed E-state index contributed by atoms with van der Waals surface area (Å²) < 4.78 is 5.77. The van der Waals surface area contributed by atoms with E-state index in [4.69, 9.17) is 4.74 Å². The number of hydrogen-bond donors (Lipinski definition) is 1. The van der Waals surface area contributed by atoms with Crippen LogP contribution in [0.25, 0.3) is 10.9 Å². The zero-order valence-corrected chi connectivity index (χ0v) is 11.1. The average molecular weight is 256 g/mol. The number of nitrogens with zero attached hydrogens (tertiary/aromatic N) is 1. The molecule has 0 aliphatic heterocycles. The molecule has 0 radical (unpaired) electrons. The Morgan fingerprint density at radius 1 is 1.21 bits per heavy atom. The molecule has 1 saturated carbocycles. The van der Waals surface area contributed by atoms with Crippen LogP contribution in [0.2, 0.25) is 0 Å². The lowest BCUT2D eigenvalue weighted by atomic mass is 10.2. The minimum atomic E-state index is 0.782. The summed E-state index contributed by atoms with van der Waals surface area (Å²) in [5.41, 5.74) is 0.996. The summed E-state index contributed by atoms with van der Waals surface area (Å²) in [6.45, 7) is 1.90. The second-order valence-electron chi connectivity index (χ2n) is 5.14. The Kier molecular flexibility index (Phi) is 3.94. The number of nitrogens with one attached hydrogen (secondary N) is 1. The van der Waals surface area contributed by atoms with Crippen LogP contribution in [0.4, 0.5) is 0 Å². The summed E-state index contributed by atoms with van der Waals surface area (Å²) >= 11 is 0. The molecule has 3 rings (SSSR count). The van der Waals surface area contributed by atoms with Gasteiger partial charge in [0, 0.05) is 23.7 Å². The number of rotatable bonds is 7. The van der Waals surface area contributed by atoms with E-state index in [0.29, 0.717) is 0 Å². The fourth-order valence-electron chi connectivity index (χ4n) is 2.15. The molecule has 1 aromatic carbocycles. The normalized spacial score (nSPS) is 14.7. The van der Waals surface area contributed by atoms with Crippen molar-refractivity contribution in [1.29, 1.82) is 0 Å². The first-order valence-electron chi connectivity index (χ1n) is 7.13. The lowest BCUT2D eigenvalue weighted by molar-refractivity contribution is 0.306. The van der Waals surface area contributed by atoms with Gasteiger partial charge in [-0.3, -0.25) is 4.98 Å². The van der Waals surface area contributed by atoms with Gasteiger partial charge < -0.3 is 10.1 Å². The Bertz CT molecular complexity index is 537. The molecule has 100 valence electrons. The maximum absolute atomic E-state index is 5.77. The predicted octanol–water partition coefficient (Wildman–Crippen LogP) is 3.15. The predicted molar refractivity (Wildman–Crippen MR) is 77.5 cm³/mol. The van der Waals surface area contributed by atoms with E-state index in [1.807, 2.05) is 24.4 Å². The minimum absolute atomic E-state index is 0.782. The largest absolute Gasteiger partial charge is 0.494 e. The summed E-state index contributed by atoms with van der Waals surface area (Å²) in [6, 6.07) is 10.9. The number of fused-ring (bicyclic) bond motifs is 1. The molecule has 1 aliphatic carbocycles. The lowest BCUT2D eigenvalue weighted by Crippen LogP contribution is -2.17. The SMILES string of the molecule is c1cnc2cc(OCCCCNC3CC3)ccc2c1. The Balaban J connectivity index is 1.42. The van der Waals surface area contributed by atoms with Crippen molar-refractivity contribution in [3.05, 3.63) is 36.5 Å². The van der Waals surface area contributed by atoms with Gasteiger partial charge in [0.25, 0.3) is 0 Å². The van der Waals surface area contributed by atoms with Gasteiger partial charge >= 0.3 is 0 Å². The van der Waals surface area contributed by atoms with Crippen LogP contribution in [-0.4, -0.2) is 24.2 Å². The van der Waals surface area contributed by atoms with Gasteiger partial charge in [-0.15, -0.1) is 0 Å². The molecule has 0 saturated heterocycles. The lowest BCUT2D eigenvalue weighted by Gasteiger charge is -2.07. The third-order valence-corrected chi connectivity index (χ3v) is 3.43. The van der Waals surface area contributed by atoms with Crippen LogP contribution < -0.4 is 10.1 Å². The van der Waals surface area contributed by atoms with Crippen molar-refractivity contribution < 1.29 is 4.74 Å². The highest BCUT2D eigenvalue weighted by Crippen LogP contribution is 2.19. The topological polar surface area (TPSA) is 34.1 Å². The highest BCUT2D eigenvalue weighted by atomic mass is 16.5. The van der Waals surface area contributed by atoms with Crippen molar-refractivity contribution in [2.75, 3.05) is 13.2 Å². The number of hydrogen-bond acceptors (Lipinski definition) is 3. The van der Waals surface area contributed by atoms with Crippen LogP contribution in [0, 0.1) is 0 Å². The minimum Gasteiger partial charge on any atom is -0.494 e. The first kappa shape index (κ1) is 12.4. The molecule has 0 atom stereocenters. The maximum atomic E-state index is 5.77. The molecule has 2 aromatic rings. The van der Waals surface area contributed by atoms with E-state index in [2.05, 4.69) is 22.4 Å². The van der Waals surface area contributed by atoms with E-state index < -0.39 is 0 Å². The Morgan fingerprint density at radius 3 is 3.05 bits per heavy atom. The van der Waals surface area contributed by atoms with E-state index in [1.54, 1.807) is 0 Å². The molecule has 1 heterocycles. The van der Waals surface area contributed by atoms with Gasteiger partial charge in [-0.25, -0.2) is 0 Å². The van der Waals surface area contributed by atoms with Crippen LogP contribution in [0.3, 0.4) is 0 Å². The number of unbranched alkanes of at least 4 members (excludes halogenated alkanes) is 1. The monoisotopic (exact) mass is 256 g/mol. The molecule has 0 unspecified atom stereocenters. The summed E-state index contributed by atoms with van der Waals surface area (Å²) in [7, 11) is 0. The Hall–Kier alpha value is -1.61. The van der Waals surface area contributed by atoms with Gasteiger partial charge in [-0.05, 0) is 50.4 Å². The first-order chi connectivity index (χ1) is 9.42. The summed E-state index contributed by atoms with van der Waals surface area (Å²) in [4.78, 5) is 4.34. The molecule has 1 aliphatic rings. The number of benzene rings is 1. The number of aromatic nitrogens is 1. The molecule has 3 heteroatoms. The van der Waals surface area contributed by atoms with E-state index in [1.165, 1.54) is 19.3 Å². The van der Waals surface area contributed by atoms with E-state index in [-0.39, 0.29) is 0 Å². The molecular weight excluding hydrogens is 236 g/mol. The summed E-state index contributed by atoms with van der Waals surface area (Å²) in [6.07, 6.45) is 6.82. The number of pyridine rings is 1. The van der Waals surface area contributed by atoms with Gasteiger partial charge in [-0.1, -0.05) is 6.07 Å². The third-order valence-electron chi connectivity index (χ3n) is 3.43. The molecule has 1 N–H and O–H groups in total. The Morgan fingerprint density at radius 2 is 2.16 bits per heavy atom. The maximum Gasteiger partial charge on any atom is 0.121 e. The molecule has 0 amide bonds. The van der Waals surface area contributed by atoms with Crippen molar-refractivity contribution in [2.24, 2.45) is 0 Å². The molecule has 19 heavy (non-hydrogen) atoms. The highest BCUT2D eigenvalue weighted by Gasteiger charge is 2.19. The Labute approximate surface area is 114 Å². The summed E-state index contributed by atoms with van der Waals surface area (Å²) in [5.74, 6) is 0.918. The molecule has 0 spiro atoms. The third kappa shape index (κ3) is 3.67. The van der Waals surface area contributed by atoms with Gasteiger partial charge in [0.2, 0.25) is 0 Å². The van der Waals surface area contributed by atoms with Gasteiger partial charge in [0.1, 0.15) is 5.75 Å². The molecule has 3 nitrogen and oxygen atoms in total. The molecule has 1 aromatic heterocycles. The smallest absolute Gasteiger partial charge is 0.121 e. The quantitative estimate of drug-likeness (QED) is 0.773. The summed E-state index contributed by atoms with van der Waals surface area (Å²) in [5, 5.41) is 4.67. The van der Waals surface area contributed by atoms with Crippen LogP contribution >= 0.6 is 0 Å². The van der Waals surface area contributed by atoms with Crippen molar-refractivity contribution in [1.82, 2.24) is 10.3 Å². The average Bonchev–Trinajstić information content (AvgIpc) is 3.27. The van der Waals surface area contributed by atoms with Gasteiger partial charge in [-0.2, -0.15) is 0 Å². The molecule has 1 fully saturated rings. The molecular formula is C16H20N2O. The van der Waals surface area contributed by atoms with E-state index in [0.717, 1.165) is 42.3 Å². The fraction of sp³-hybridized carbons (Fsp3) is 0.438. The molecule has 0 bridgehead atoms. The van der Waals surface area contributed by atoms with Crippen LogP contribution in [0.5, 0.6) is 5.75 Å². The zero-order chi connectivity index (χ0) is 12.9. The second kappa shape index (κ2) is 6.02. The van der Waals surface area contributed by atoms with Crippen LogP contribution in [-0.2, 0) is 0 Å². The fourth-order valence-corrected chi connectivity index (χ4v) is 2.15. The van der Waals surface area contributed by atoms with Crippen LogP contribution in [0.15, 0.2) is 36.5 Å². The van der Waals surface area contributed by atoms with Crippen molar-refractivity contribution in [3.63, 3.8) is 0 Å². The number of ether oxygens (including phenoxy) is 1. The van der Waals surface area contributed by atoms with Gasteiger partial charge in [0.15, 0.2) is 0 Å². The van der Waals surface area contributed by atoms with Crippen molar-refractivity contribution >= 4 is 10.9 Å².